The Hall–Kier alpha value is -1.64. The van der Waals surface area contributed by atoms with E-state index in [9.17, 15) is 18.5 Å². The fraction of sp³-hybridized carbons (Fsp3) is 0. The number of benzene rings is 2. The summed E-state index contributed by atoms with van der Waals surface area (Å²) < 4.78 is 27.3. The zero-order chi connectivity index (χ0) is 15.6. The van der Waals surface area contributed by atoms with Gasteiger partial charge >= 0.3 is 0 Å². The topological polar surface area (TPSA) is 89.3 Å². The Bertz CT molecular complexity index is 811. The van der Waals surface area contributed by atoms with Crippen molar-refractivity contribution in [1.29, 1.82) is 0 Å². The quantitative estimate of drug-likeness (QED) is 0.634. The smallest absolute Gasteiger partial charge is 0.279 e. The summed E-state index contributed by atoms with van der Waals surface area (Å²) in [5.41, 5.74) is -0.287. The molecule has 2 rings (SSSR count). The molecule has 0 spiro atoms. The Kier molecular flexibility index (Phi) is 4.50. The van der Waals surface area contributed by atoms with Crippen LogP contribution in [0.15, 0.2) is 51.8 Å². The first kappa shape index (κ1) is 15.7. The molecule has 0 fully saturated rings. The molecule has 9 heteroatoms. The highest BCUT2D eigenvalue weighted by Crippen LogP contribution is 2.29. The zero-order valence-corrected chi connectivity index (χ0v) is 13.4. The van der Waals surface area contributed by atoms with E-state index in [0.29, 0.717) is 9.50 Å². The van der Waals surface area contributed by atoms with Gasteiger partial charge in [-0.25, -0.2) is 8.42 Å². The lowest BCUT2D eigenvalue weighted by Gasteiger charge is -2.09. The number of rotatable bonds is 4. The Morgan fingerprint density at radius 1 is 1.19 bits per heavy atom. The normalized spacial score (nSPS) is 11.1. The average molecular weight is 392 g/mol. The zero-order valence-electron chi connectivity index (χ0n) is 10.3. The van der Waals surface area contributed by atoms with Gasteiger partial charge in [-0.15, -0.1) is 0 Å². The summed E-state index contributed by atoms with van der Waals surface area (Å²) in [5, 5.41) is 11.3. The van der Waals surface area contributed by atoms with Crippen LogP contribution in [0.1, 0.15) is 0 Å². The van der Waals surface area contributed by atoms with E-state index in [4.69, 9.17) is 11.6 Å². The van der Waals surface area contributed by atoms with Gasteiger partial charge in [-0.1, -0.05) is 33.6 Å². The lowest BCUT2D eigenvalue weighted by molar-refractivity contribution is -0.387. The van der Waals surface area contributed by atoms with Crippen LogP contribution in [0.5, 0.6) is 0 Å². The monoisotopic (exact) mass is 390 g/mol. The molecule has 0 aliphatic heterocycles. The molecule has 6 nitrogen and oxygen atoms in total. The van der Waals surface area contributed by atoms with E-state index in [2.05, 4.69) is 20.7 Å². The third kappa shape index (κ3) is 3.72. The van der Waals surface area contributed by atoms with E-state index in [1.54, 1.807) is 12.1 Å². The van der Waals surface area contributed by atoms with Gasteiger partial charge in [-0.3, -0.25) is 14.8 Å². The predicted octanol–water partition coefficient (Wildman–Crippen LogP) is 3.81. The van der Waals surface area contributed by atoms with Crippen LogP contribution in [0.2, 0.25) is 5.02 Å². The third-order valence-corrected chi connectivity index (χ3v) is 4.62. The molecule has 0 amide bonds. The first-order valence-corrected chi connectivity index (χ1v) is 8.17. The van der Waals surface area contributed by atoms with Crippen LogP contribution in [0, 0.1) is 10.1 Å². The van der Waals surface area contributed by atoms with Crippen molar-refractivity contribution in [3.8, 4) is 0 Å². The van der Waals surface area contributed by atoms with Gasteiger partial charge in [-0.05, 0) is 30.3 Å². The van der Waals surface area contributed by atoms with Gasteiger partial charge in [0.2, 0.25) is 0 Å². The van der Waals surface area contributed by atoms with Gasteiger partial charge in [-0.2, -0.15) is 0 Å². The SMILES string of the molecule is O=[N+]([O-])c1ccc(Br)cc1S(=O)(=O)Nc1cccc(Cl)c1. The van der Waals surface area contributed by atoms with E-state index in [1.165, 1.54) is 24.3 Å². The van der Waals surface area contributed by atoms with Crippen LogP contribution in [0.3, 0.4) is 0 Å². The van der Waals surface area contributed by atoms with Crippen molar-refractivity contribution in [2.45, 2.75) is 4.90 Å². The van der Waals surface area contributed by atoms with Crippen molar-refractivity contribution < 1.29 is 13.3 Å². The number of anilines is 1. The van der Waals surface area contributed by atoms with Gasteiger partial charge < -0.3 is 0 Å². The molecule has 0 saturated carbocycles. The van der Waals surface area contributed by atoms with Gasteiger partial charge in [0.1, 0.15) is 0 Å². The molecule has 2 aromatic rings. The summed E-state index contributed by atoms with van der Waals surface area (Å²) in [6.45, 7) is 0. The van der Waals surface area contributed by atoms with Crippen molar-refractivity contribution in [2.75, 3.05) is 4.72 Å². The summed E-state index contributed by atoms with van der Waals surface area (Å²) >= 11 is 8.88. The van der Waals surface area contributed by atoms with E-state index >= 15 is 0 Å². The molecule has 0 radical (unpaired) electrons. The highest BCUT2D eigenvalue weighted by Gasteiger charge is 2.26. The Morgan fingerprint density at radius 3 is 2.52 bits per heavy atom. The molecular weight excluding hydrogens is 384 g/mol. The first-order valence-electron chi connectivity index (χ1n) is 5.52. The molecule has 0 bridgehead atoms. The van der Waals surface area contributed by atoms with Crippen LogP contribution in [0.4, 0.5) is 11.4 Å². The molecule has 0 unspecified atom stereocenters. The number of halogens is 2. The maximum atomic E-state index is 12.3. The molecule has 2 aromatic carbocycles. The second kappa shape index (κ2) is 6.00. The minimum atomic E-state index is -4.11. The van der Waals surface area contributed by atoms with Crippen molar-refractivity contribution in [1.82, 2.24) is 0 Å². The standard InChI is InChI=1S/C12H8BrClN2O4S/c13-8-4-5-11(16(17)18)12(6-8)21(19,20)15-10-3-1-2-9(14)7-10/h1-7,15H. The number of sulfonamides is 1. The highest BCUT2D eigenvalue weighted by molar-refractivity contribution is 9.10. The second-order valence-electron chi connectivity index (χ2n) is 3.99. The molecule has 0 aromatic heterocycles. The Balaban J connectivity index is 2.49. The molecule has 0 aliphatic carbocycles. The number of nitro benzene ring substituents is 1. The number of nitrogens with zero attached hydrogens (tertiary/aromatic N) is 1. The molecule has 0 saturated heterocycles. The summed E-state index contributed by atoms with van der Waals surface area (Å²) in [7, 11) is -4.11. The molecule has 0 atom stereocenters. The number of hydrogen-bond donors (Lipinski definition) is 1. The fourth-order valence-corrected chi connectivity index (χ4v) is 3.57. The third-order valence-electron chi connectivity index (χ3n) is 2.48. The number of nitro groups is 1. The van der Waals surface area contributed by atoms with Gasteiger partial charge in [0.25, 0.3) is 15.7 Å². The second-order valence-corrected chi connectivity index (χ2v) is 6.99. The summed E-state index contributed by atoms with van der Waals surface area (Å²) in [5.74, 6) is 0. The number of hydrogen-bond acceptors (Lipinski definition) is 4. The minimum absolute atomic E-state index is 0.219. The Labute approximate surface area is 134 Å². The number of nitrogens with one attached hydrogen (secondary N) is 1. The fourth-order valence-electron chi connectivity index (χ4n) is 1.62. The molecule has 0 aliphatic rings. The lowest BCUT2D eigenvalue weighted by atomic mass is 10.3. The lowest BCUT2D eigenvalue weighted by Crippen LogP contribution is -2.14. The van der Waals surface area contributed by atoms with Crippen LogP contribution < -0.4 is 4.72 Å². The van der Waals surface area contributed by atoms with Crippen LogP contribution in [-0.2, 0) is 10.0 Å². The van der Waals surface area contributed by atoms with E-state index in [-0.39, 0.29) is 5.69 Å². The maximum absolute atomic E-state index is 12.3. The largest absolute Gasteiger partial charge is 0.289 e. The minimum Gasteiger partial charge on any atom is -0.279 e. The van der Waals surface area contributed by atoms with Crippen molar-refractivity contribution in [3.05, 3.63) is 62.1 Å². The molecule has 110 valence electrons. The van der Waals surface area contributed by atoms with Crippen LogP contribution in [0.25, 0.3) is 0 Å². The van der Waals surface area contributed by atoms with Gasteiger partial charge in [0.15, 0.2) is 4.90 Å². The van der Waals surface area contributed by atoms with Crippen molar-refractivity contribution in [2.24, 2.45) is 0 Å². The van der Waals surface area contributed by atoms with E-state index in [1.807, 2.05) is 0 Å². The molecule has 0 heterocycles. The van der Waals surface area contributed by atoms with E-state index in [0.717, 1.165) is 6.07 Å². The summed E-state index contributed by atoms with van der Waals surface area (Å²) in [6, 6.07) is 9.74. The van der Waals surface area contributed by atoms with Gasteiger partial charge in [0.05, 0.1) is 10.6 Å². The van der Waals surface area contributed by atoms with Crippen LogP contribution >= 0.6 is 27.5 Å². The summed E-state index contributed by atoms with van der Waals surface area (Å²) in [4.78, 5) is 9.78. The highest BCUT2D eigenvalue weighted by atomic mass is 79.9. The average Bonchev–Trinajstić information content (AvgIpc) is 2.37. The van der Waals surface area contributed by atoms with Crippen LogP contribution in [-0.4, -0.2) is 13.3 Å². The van der Waals surface area contributed by atoms with Crippen molar-refractivity contribution in [3.63, 3.8) is 0 Å². The molecular formula is C12H8BrClN2O4S. The van der Waals surface area contributed by atoms with E-state index < -0.39 is 25.5 Å². The Morgan fingerprint density at radius 2 is 1.90 bits per heavy atom. The maximum Gasteiger partial charge on any atom is 0.289 e. The molecule has 21 heavy (non-hydrogen) atoms. The summed E-state index contributed by atoms with van der Waals surface area (Å²) in [6.07, 6.45) is 0. The predicted molar refractivity (Wildman–Crippen MR) is 83.1 cm³/mol. The molecule has 1 N–H and O–H groups in total. The van der Waals surface area contributed by atoms with Gasteiger partial charge in [0, 0.05) is 15.6 Å². The first-order chi connectivity index (χ1) is 9.79. The van der Waals surface area contributed by atoms with Crippen molar-refractivity contribution >= 4 is 48.9 Å².